The Balaban J connectivity index is 2.96. The standard InChI is InChI=1S/C13H18N2O5/c1-4-5-20-12-7-10(6-11(8-12)15(17)18)14-9(2)13(16)19-3/h6-9,14H,4-5H2,1-3H3. The van der Waals surface area contributed by atoms with Gasteiger partial charge in [-0.05, 0) is 13.3 Å². The molecule has 0 heterocycles. The van der Waals surface area contributed by atoms with Crippen LogP contribution in [0.2, 0.25) is 0 Å². The van der Waals surface area contributed by atoms with Crippen LogP contribution in [0.1, 0.15) is 20.3 Å². The number of hydrogen-bond acceptors (Lipinski definition) is 6. The number of rotatable bonds is 7. The summed E-state index contributed by atoms with van der Waals surface area (Å²) in [6, 6.07) is 3.70. The molecule has 0 aliphatic carbocycles. The summed E-state index contributed by atoms with van der Waals surface area (Å²) in [5.74, 6) is -0.0619. The lowest BCUT2D eigenvalue weighted by molar-refractivity contribution is -0.384. The lowest BCUT2D eigenvalue weighted by atomic mass is 10.2. The van der Waals surface area contributed by atoms with Gasteiger partial charge in [0, 0.05) is 17.8 Å². The van der Waals surface area contributed by atoms with E-state index >= 15 is 0 Å². The second-order valence-electron chi connectivity index (χ2n) is 4.21. The van der Waals surface area contributed by atoms with Gasteiger partial charge in [-0.25, -0.2) is 4.79 Å². The summed E-state index contributed by atoms with van der Waals surface area (Å²) in [4.78, 5) is 21.7. The molecule has 20 heavy (non-hydrogen) atoms. The van der Waals surface area contributed by atoms with Crippen LogP contribution >= 0.6 is 0 Å². The molecular formula is C13H18N2O5. The molecule has 0 aromatic heterocycles. The molecule has 1 N–H and O–H groups in total. The second kappa shape index (κ2) is 7.32. The molecule has 0 aliphatic rings. The van der Waals surface area contributed by atoms with E-state index in [1.807, 2.05) is 6.92 Å². The topological polar surface area (TPSA) is 90.7 Å². The van der Waals surface area contributed by atoms with Crippen molar-refractivity contribution in [1.82, 2.24) is 0 Å². The largest absolute Gasteiger partial charge is 0.493 e. The van der Waals surface area contributed by atoms with E-state index in [0.29, 0.717) is 18.0 Å². The molecule has 0 aliphatic heterocycles. The summed E-state index contributed by atoms with van der Waals surface area (Å²) in [6.45, 7) is 4.01. The van der Waals surface area contributed by atoms with Crippen LogP contribution in [-0.4, -0.2) is 30.7 Å². The van der Waals surface area contributed by atoms with Gasteiger partial charge in [0.2, 0.25) is 0 Å². The van der Waals surface area contributed by atoms with Gasteiger partial charge in [0.15, 0.2) is 0 Å². The quantitative estimate of drug-likeness (QED) is 0.469. The zero-order valence-electron chi connectivity index (χ0n) is 11.7. The summed E-state index contributed by atoms with van der Waals surface area (Å²) in [5, 5.41) is 13.7. The lowest BCUT2D eigenvalue weighted by Gasteiger charge is -2.14. The summed E-state index contributed by atoms with van der Waals surface area (Å²) in [6.07, 6.45) is 0.796. The highest BCUT2D eigenvalue weighted by Gasteiger charge is 2.16. The van der Waals surface area contributed by atoms with Crippen LogP contribution in [0.4, 0.5) is 11.4 Å². The molecule has 0 fully saturated rings. The first-order valence-corrected chi connectivity index (χ1v) is 6.24. The Bertz CT molecular complexity index is 490. The number of non-ortho nitro benzene ring substituents is 1. The fourth-order valence-electron chi connectivity index (χ4n) is 1.56. The van der Waals surface area contributed by atoms with E-state index in [-0.39, 0.29) is 5.69 Å². The number of ether oxygens (including phenoxy) is 2. The van der Waals surface area contributed by atoms with Crippen molar-refractivity contribution < 1.29 is 19.2 Å². The van der Waals surface area contributed by atoms with Crippen molar-refractivity contribution in [2.45, 2.75) is 26.3 Å². The highest BCUT2D eigenvalue weighted by Crippen LogP contribution is 2.26. The van der Waals surface area contributed by atoms with Gasteiger partial charge in [0.25, 0.3) is 5.69 Å². The smallest absolute Gasteiger partial charge is 0.327 e. The molecular weight excluding hydrogens is 264 g/mol. The summed E-state index contributed by atoms with van der Waals surface area (Å²) in [5.41, 5.74) is 0.335. The maximum atomic E-state index is 11.3. The van der Waals surface area contributed by atoms with Gasteiger partial charge >= 0.3 is 5.97 Å². The van der Waals surface area contributed by atoms with Gasteiger partial charge < -0.3 is 14.8 Å². The van der Waals surface area contributed by atoms with Gasteiger partial charge in [-0.2, -0.15) is 0 Å². The van der Waals surface area contributed by atoms with Crippen LogP contribution in [0.25, 0.3) is 0 Å². The number of nitro benzene ring substituents is 1. The normalized spacial score (nSPS) is 11.6. The summed E-state index contributed by atoms with van der Waals surface area (Å²) < 4.78 is 9.98. The number of esters is 1. The zero-order valence-corrected chi connectivity index (χ0v) is 11.7. The zero-order chi connectivity index (χ0) is 15.1. The first kappa shape index (κ1) is 15.7. The Morgan fingerprint density at radius 2 is 2.15 bits per heavy atom. The number of nitro groups is 1. The second-order valence-corrected chi connectivity index (χ2v) is 4.21. The van der Waals surface area contributed by atoms with Crippen LogP contribution in [-0.2, 0) is 9.53 Å². The number of methoxy groups -OCH3 is 1. The van der Waals surface area contributed by atoms with E-state index in [1.54, 1.807) is 13.0 Å². The molecule has 0 saturated carbocycles. The Morgan fingerprint density at radius 3 is 2.70 bits per heavy atom. The highest BCUT2D eigenvalue weighted by atomic mass is 16.6. The van der Waals surface area contributed by atoms with Crippen molar-refractivity contribution in [2.24, 2.45) is 0 Å². The SMILES string of the molecule is CCCOc1cc(NC(C)C(=O)OC)cc([N+](=O)[O-])c1. The Kier molecular flexibility index (Phi) is 5.76. The number of anilines is 1. The van der Waals surface area contributed by atoms with E-state index in [2.05, 4.69) is 10.1 Å². The van der Waals surface area contributed by atoms with Crippen molar-refractivity contribution in [3.05, 3.63) is 28.3 Å². The molecule has 1 atom stereocenters. The number of nitrogens with one attached hydrogen (secondary N) is 1. The summed E-state index contributed by atoms with van der Waals surface area (Å²) >= 11 is 0. The third kappa shape index (κ3) is 4.42. The van der Waals surface area contributed by atoms with Crippen molar-refractivity contribution in [3.63, 3.8) is 0 Å². The summed E-state index contributed by atoms with van der Waals surface area (Å²) in [7, 11) is 1.28. The van der Waals surface area contributed by atoms with Gasteiger partial charge in [-0.15, -0.1) is 0 Å². The average molecular weight is 282 g/mol. The van der Waals surface area contributed by atoms with Gasteiger partial charge in [0.05, 0.1) is 24.7 Å². The average Bonchev–Trinajstić information content (AvgIpc) is 2.43. The molecule has 7 nitrogen and oxygen atoms in total. The third-order valence-electron chi connectivity index (χ3n) is 2.51. The van der Waals surface area contributed by atoms with E-state index in [0.717, 1.165) is 6.42 Å². The Hall–Kier alpha value is -2.31. The molecule has 7 heteroatoms. The molecule has 0 radical (unpaired) electrons. The van der Waals surface area contributed by atoms with E-state index in [9.17, 15) is 14.9 Å². The maximum absolute atomic E-state index is 11.3. The first-order valence-electron chi connectivity index (χ1n) is 6.24. The Morgan fingerprint density at radius 1 is 1.45 bits per heavy atom. The molecule has 110 valence electrons. The number of carbonyl (C=O) groups excluding carboxylic acids is 1. The van der Waals surface area contributed by atoms with Crippen LogP contribution in [0.15, 0.2) is 18.2 Å². The minimum atomic E-state index is -0.610. The van der Waals surface area contributed by atoms with E-state index in [1.165, 1.54) is 19.2 Å². The molecule has 1 aromatic rings. The fourth-order valence-corrected chi connectivity index (χ4v) is 1.56. The van der Waals surface area contributed by atoms with Crippen LogP contribution in [0.5, 0.6) is 5.75 Å². The molecule has 1 aromatic carbocycles. The third-order valence-corrected chi connectivity index (χ3v) is 2.51. The minimum Gasteiger partial charge on any atom is -0.493 e. The van der Waals surface area contributed by atoms with Crippen molar-refractivity contribution in [1.29, 1.82) is 0 Å². The molecule has 0 spiro atoms. The lowest BCUT2D eigenvalue weighted by Crippen LogP contribution is -2.27. The van der Waals surface area contributed by atoms with E-state index < -0.39 is 16.9 Å². The molecule has 0 amide bonds. The fraction of sp³-hybridized carbons (Fsp3) is 0.462. The van der Waals surface area contributed by atoms with Gasteiger partial charge in [-0.3, -0.25) is 10.1 Å². The predicted octanol–water partition coefficient (Wildman–Crippen LogP) is 2.36. The Labute approximate surface area is 117 Å². The van der Waals surface area contributed by atoms with Crippen molar-refractivity contribution in [3.8, 4) is 5.75 Å². The molecule has 1 rings (SSSR count). The van der Waals surface area contributed by atoms with Gasteiger partial charge in [-0.1, -0.05) is 6.92 Å². The minimum absolute atomic E-state index is 0.0989. The monoisotopic (exact) mass is 282 g/mol. The molecule has 1 unspecified atom stereocenters. The number of carbonyl (C=O) groups is 1. The number of hydrogen-bond donors (Lipinski definition) is 1. The highest BCUT2D eigenvalue weighted by molar-refractivity contribution is 5.79. The number of nitrogens with zero attached hydrogens (tertiary/aromatic N) is 1. The van der Waals surface area contributed by atoms with E-state index in [4.69, 9.17) is 4.74 Å². The van der Waals surface area contributed by atoms with Crippen molar-refractivity contribution >= 4 is 17.3 Å². The number of benzene rings is 1. The first-order chi connectivity index (χ1) is 9.47. The maximum Gasteiger partial charge on any atom is 0.327 e. The molecule has 0 saturated heterocycles. The van der Waals surface area contributed by atoms with Gasteiger partial charge in [0.1, 0.15) is 11.8 Å². The molecule has 0 bridgehead atoms. The van der Waals surface area contributed by atoms with Crippen LogP contribution < -0.4 is 10.1 Å². The van der Waals surface area contributed by atoms with Crippen LogP contribution in [0.3, 0.4) is 0 Å². The van der Waals surface area contributed by atoms with Crippen LogP contribution in [0, 0.1) is 10.1 Å². The van der Waals surface area contributed by atoms with Crippen molar-refractivity contribution in [2.75, 3.05) is 19.0 Å². The predicted molar refractivity (Wildman–Crippen MR) is 74.0 cm³/mol.